The molecule has 0 aliphatic heterocycles. The normalized spacial score (nSPS) is 9.30. The molecule has 7 nitrogen and oxygen atoms in total. The van der Waals surface area contributed by atoms with Gasteiger partial charge in [-0.25, -0.2) is 11.4 Å². The zero-order chi connectivity index (χ0) is 15.1. The summed E-state index contributed by atoms with van der Waals surface area (Å²) < 4.78 is 14.8. The van der Waals surface area contributed by atoms with Crippen LogP contribution in [0, 0.1) is 17.9 Å². The fourth-order valence-corrected chi connectivity index (χ4v) is 1.17. The number of nitrogens with zero attached hydrogens (tertiary/aromatic N) is 2. The molecule has 0 fully saturated rings. The van der Waals surface area contributed by atoms with Crippen molar-refractivity contribution >= 4 is 11.9 Å². The van der Waals surface area contributed by atoms with Crippen molar-refractivity contribution in [2.75, 3.05) is 33.0 Å². The summed E-state index contributed by atoms with van der Waals surface area (Å²) >= 11 is 0. The first-order valence-corrected chi connectivity index (χ1v) is 6.30. The third-order valence-corrected chi connectivity index (χ3v) is 2.07. The van der Waals surface area contributed by atoms with Gasteiger partial charge in [0.25, 0.3) is 0 Å². The molecule has 0 aliphatic carbocycles. The molecule has 0 radical (unpaired) electrons. The summed E-state index contributed by atoms with van der Waals surface area (Å²) in [5.41, 5.74) is 0. The van der Waals surface area contributed by atoms with E-state index in [9.17, 15) is 9.59 Å². The van der Waals surface area contributed by atoms with Gasteiger partial charge in [-0.3, -0.25) is 4.79 Å². The van der Waals surface area contributed by atoms with Crippen molar-refractivity contribution in [3.8, 4) is 6.07 Å². The lowest BCUT2D eigenvalue weighted by molar-refractivity contribution is -0.143. The highest BCUT2D eigenvalue weighted by molar-refractivity contribution is 5.73. The second-order valence-corrected chi connectivity index (χ2v) is 3.77. The summed E-state index contributed by atoms with van der Waals surface area (Å²) in [6.45, 7) is 7.76. The molecule has 20 heavy (non-hydrogen) atoms. The van der Waals surface area contributed by atoms with Crippen LogP contribution in [-0.4, -0.2) is 44.9 Å². The minimum absolute atomic E-state index is 0.220. The minimum atomic E-state index is -0.515. The number of ether oxygens (including phenoxy) is 3. The van der Waals surface area contributed by atoms with Crippen molar-refractivity contribution < 1.29 is 23.8 Å². The van der Waals surface area contributed by atoms with Gasteiger partial charge in [-0.15, -0.1) is 0 Å². The first kappa shape index (κ1) is 17.9. The van der Waals surface area contributed by atoms with Crippen LogP contribution in [0.3, 0.4) is 0 Å². The largest absolute Gasteiger partial charge is 0.465 e. The van der Waals surface area contributed by atoms with Gasteiger partial charge >= 0.3 is 18.5 Å². The van der Waals surface area contributed by atoms with Gasteiger partial charge in [0, 0.05) is 19.6 Å². The Hall–Kier alpha value is -2.12. The molecular weight excluding hydrogens is 264 g/mol. The molecule has 0 aromatic carbocycles. The number of hydrogen-bond acceptors (Lipinski definition) is 6. The molecule has 0 atom stereocenters. The van der Waals surface area contributed by atoms with E-state index in [1.165, 1.54) is 0 Å². The van der Waals surface area contributed by atoms with E-state index in [2.05, 4.69) is 4.85 Å². The van der Waals surface area contributed by atoms with Gasteiger partial charge in [-0.1, -0.05) is 0 Å². The number of rotatable bonds is 11. The molecule has 0 aromatic heterocycles. The zero-order valence-corrected chi connectivity index (χ0v) is 11.3. The van der Waals surface area contributed by atoms with E-state index >= 15 is 0 Å². The van der Waals surface area contributed by atoms with Crippen LogP contribution < -0.4 is 0 Å². The van der Waals surface area contributed by atoms with Gasteiger partial charge in [0.15, 0.2) is 0 Å². The van der Waals surface area contributed by atoms with E-state index in [0.717, 1.165) is 6.42 Å². The van der Waals surface area contributed by atoms with Crippen LogP contribution in [0.4, 0.5) is 0 Å². The molecule has 0 amide bonds. The van der Waals surface area contributed by atoms with Crippen LogP contribution >= 0.6 is 0 Å². The number of carbonyl (C=O) groups excluding carboxylic acids is 2. The highest BCUT2D eigenvalue weighted by Crippen LogP contribution is 1.95. The van der Waals surface area contributed by atoms with Crippen molar-refractivity contribution in [1.82, 2.24) is 0 Å². The summed E-state index contributed by atoms with van der Waals surface area (Å²) in [4.78, 5) is 24.5. The average Bonchev–Trinajstić information content (AvgIpc) is 2.41. The molecule has 0 bridgehead atoms. The standard InChI is InChI=1S/C13H18N2O5/c1-15-11-13(17)20-10-4-8-18-7-2-3-9-19-12(16)5-6-14/h2-5,7-11H2. The molecule has 0 aromatic rings. The quantitative estimate of drug-likeness (QED) is 0.320. The summed E-state index contributed by atoms with van der Waals surface area (Å²) in [5.74, 6) is -1.02. The maximum absolute atomic E-state index is 10.8. The number of hydrogen-bond donors (Lipinski definition) is 0. The summed E-state index contributed by atoms with van der Waals surface area (Å²) in [6, 6.07) is 1.71. The monoisotopic (exact) mass is 282 g/mol. The van der Waals surface area contributed by atoms with E-state index < -0.39 is 11.9 Å². The topological polar surface area (TPSA) is 90.0 Å². The van der Waals surface area contributed by atoms with Crippen LogP contribution in [0.1, 0.15) is 25.7 Å². The van der Waals surface area contributed by atoms with Gasteiger partial charge in [0.1, 0.15) is 6.42 Å². The maximum atomic E-state index is 10.8. The molecule has 7 heteroatoms. The lowest BCUT2D eigenvalue weighted by atomic mass is 10.3. The molecule has 0 unspecified atom stereocenters. The predicted octanol–water partition coefficient (Wildman–Crippen LogP) is 1.09. The summed E-state index contributed by atoms with van der Waals surface area (Å²) in [7, 11) is 0. The number of esters is 2. The summed E-state index contributed by atoms with van der Waals surface area (Å²) in [6.07, 6.45) is 1.79. The van der Waals surface area contributed by atoms with Gasteiger partial charge in [0.2, 0.25) is 0 Å². The molecule has 0 rings (SSSR count). The fourth-order valence-electron chi connectivity index (χ4n) is 1.17. The summed E-state index contributed by atoms with van der Waals surface area (Å²) in [5, 5.41) is 8.23. The lowest BCUT2D eigenvalue weighted by Gasteiger charge is -2.05. The van der Waals surface area contributed by atoms with Crippen LogP contribution in [-0.2, 0) is 23.8 Å². The van der Waals surface area contributed by atoms with Crippen molar-refractivity contribution in [2.24, 2.45) is 0 Å². The Bertz CT molecular complexity index is 334. The van der Waals surface area contributed by atoms with E-state index in [0.29, 0.717) is 26.1 Å². The van der Waals surface area contributed by atoms with E-state index in [4.69, 9.17) is 26.0 Å². The Morgan fingerprint density at radius 3 is 2.30 bits per heavy atom. The van der Waals surface area contributed by atoms with Crippen LogP contribution in [0.15, 0.2) is 0 Å². The third-order valence-electron chi connectivity index (χ3n) is 2.07. The first-order chi connectivity index (χ1) is 9.70. The Kier molecular flexibility index (Phi) is 11.9. The Balaban J connectivity index is 3.18. The van der Waals surface area contributed by atoms with E-state index in [1.54, 1.807) is 6.07 Å². The van der Waals surface area contributed by atoms with Crippen molar-refractivity contribution in [1.29, 1.82) is 5.26 Å². The van der Waals surface area contributed by atoms with Crippen molar-refractivity contribution in [2.45, 2.75) is 25.7 Å². The smallest absolute Gasteiger partial charge is 0.387 e. The van der Waals surface area contributed by atoms with Crippen molar-refractivity contribution in [3.05, 3.63) is 11.4 Å². The third kappa shape index (κ3) is 12.3. The van der Waals surface area contributed by atoms with E-state index in [1.807, 2.05) is 0 Å². The van der Waals surface area contributed by atoms with Crippen LogP contribution in [0.25, 0.3) is 4.85 Å². The molecule has 0 aliphatic rings. The van der Waals surface area contributed by atoms with Gasteiger partial charge in [-0.05, 0) is 12.8 Å². The highest BCUT2D eigenvalue weighted by Gasteiger charge is 2.04. The number of unbranched alkanes of at least 4 members (excludes halogenated alkanes) is 1. The molecule has 0 N–H and O–H groups in total. The van der Waals surface area contributed by atoms with Crippen molar-refractivity contribution in [3.63, 3.8) is 0 Å². The molecule has 0 saturated carbocycles. The predicted molar refractivity (Wildman–Crippen MR) is 68.3 cm³/mol. The maximum Gasteiger partial charge on any atom is 0.387 e. The first-order valence-electron chi connectivity index (χ1n) is 6.30. The molecule has 0 spiro atoms. The van der Waals surface area contributed by atoms with Crippen LogP contribution in [0.2, 0.25) is 0 Å². The molecule has 0 heterocycles. The van der Waals surface area contributed by atoms with Gasteiger partial charge < -0.3 is 19.1 Å². The molecule has 0 saturated heterocycles. The van der Waals surface area contributed by atoms with E-state index in [-0.39, 0.29) is 26.2 Å². The zero-order valence-electron chi connectivity index (χ0n) is 11.3. The Morgan fingerprint density at radius 1 is 1.00 bits per heavy atom. The second kappa shape index (κ2) is 13.3. The lowest BCUT2D eigenvalue weighted by Crippen LogP contribution is -2.10. The van der Waals surface area contributed by atoms with Gasteiger partial charge in [0.05, 0.1) is 19.3 Å². The number of nitriles is 1. The number of carbonyl (C=O) groups is 2. The molecule has 110 valence electrons. The Morgan fingerprint density at radius 2 is 1.60 bits per heavy atom. The average molecular weight is 282 g/mol. The van der Waals surface area contributed by atoms with Crippen LogP contribution in [0.5, 0.6) is 0 Å². The minimum Gasteiger partial charge on any atom is -0.465 e. The SMILES string of the molecule is [C-]#[N+]CC(=O)OCCCOCCCCOC(=O)CC#N. The fraction of sp³-hybridized carbons (Fsp3) is 0.692. The van der Waals surface area contributed by atoms with Gasteiger partial charge in [-0.2, -0.15) is 5.26 Å². The Labute approximate surface area is 118 Å². The highest BCUT2D eigenvalue weighted by atomic mass is 16.5. The second-order valence-electron chi connectivity index (χ2n) is 3.77. The molecular formula is C13H18N2O5.